The van der Waals surface area contributed by atoms with Crippen LogP contribution in [-0.4, -0.2) is 29.2 Å². The van der Waals surface area contributed by atoms with Crippen molar-refractivity contribution in [3.05, 3.63) is 71.3 Å². The molecule has 1 N–H and O–H groups in total. The summed E-state index contributed by atoms with van der Waals surface area (Å²) in [5.41, 5.74) is 1.34. The number of amides is 3. The molecule has 1 aliphatic heterocycles. The first-order chi connectivity index (χ1) is 14.0. The van der Waals surface area contributed by atoms with Crippen LogP contribution in [-0.2, 0) is 16.8 Å². The fraction of sp³-hybridized carbons (Fsp3) is 0.375. The van der Waals surface area contributed by atoms with Crippen molar-refractivity contribution < 1.29 is 14.4 Å². The molecule has 1 unspecified atom stereocenters. The van der Waals surface area contributed by atoms with Crippen molar-refractivity contribution in [2.45, 2.75) is 51.5 Å². The Bertz CT molecular complexity index is 877. The topological polar surface area (TPSA) is 66.5 Å². The molecule has 29 heavy (non-hydrogen) atoms. The second kappa shape index (κ2) is 9.03. The summed E-state index contributed by atoms with van der Waals surface area (Å²) in [6.07, 6.45) is 4.20. The number of carbonyl (C=O) groups excluding carboxylic acids is 3. The van der Waals surface area contributed by atoms with Gasteiger partial charge in [0.05, 0.1) is 6.54 Å². The molecule has 0 saturated carbocycles. The van der Waals surface area contributed by atoms with Gasteiger partial charge in [0.2, 0.25) is 0 Å². The van der Waals surface area contributed by atoms with Crippen LogP contribution in [0.25, 0.3) is 0 Å². The largest absolute Gasteiger partial charge is 0.325 e. The summed E-state index contributed by atoms with van der Waals surface area (Å²) in [5, 5.41) is 2.89. The molecule has 0 aliphatic carbocycles. The van der Waals surface area contributed by atoms with E-state index in [9.17, 15) is 14.4 Å². The number of hydrogen-bond acceptors (Lipinski definition) is 3. The van der Waals surface area contributed by atoms with E-state index in [0.29, 0.717) is 12.0 Å². The molecule has 2 aromatic carbocycles. The Morgan fingerprint density at radius 2 is 1.66 bits per heavy atom. The Morgan fingerprint density at radius 1 is 0.966 bits per heavy atom. The molecule has 0 radical (unpaired) electrons. The van der Waals surface area contributed by atoms with Gasteiger partial charge in [0.15, 0.2) is 5.78 Å². The van der Waals surface area contributed by atoms with Crippen LogP contribution in [0.4, 0.5) is 4.79 Å². The standard InChI is InChI=1S/C24H28N2O3/c1-3-5-16-24(20-10-7-6-8-11-20)22(28)26(23(29)25-24)17-21(27)19-14-12-18(9-4-2)13-15-19/h6-8,10-15H,3-5,9,16-17H2,1-2H3,(H,25,29). The maximum absolute atomic E-state index is 13.3. The van der Waals surface area contributed by atoms with Crippen molar-refractivity contribution in [1.29, 1.82) is 0 Å². The van der Waals surface area contributed by atoms with Crippen molar-refractivity contribution in [1.82, 2.24) is 10.2 Å². The maximum atomic E-state index is 13.3. The molecule has 0 aromatic heterocycles. The third kappa shape index (κ3) is 4.24. The van der Waals surface area contributed by atoms with E-state index >= 15 is 0 Å². The van der Waals surface area contributed by atoms with Gasteiger partial charge in [-0.05, 0) is 24.0 Å². The molecule has 0 spiro atoms. The molecule has 2 aromatic rings. The highest BCUT2D eigenvalue weighted by Crippen LogP contribution is 2.34. The predicted molar refractivity (Wildman–Crippen MR) is 113 cm³/mol. The summed E-state index contributed by atoms with van der Waals surface area (Å²) >= 11 is 0. The highest BCUT2D eigenvalue weighted by molar-refractivity contribution is 6.11. The van der Waals surface area contributed by atoms with E-state index in [0.717, 1.165) is 36.1 Å². The Labute approximate surface area is 172 Å². The van der Waals surface area contributed by atoms with Gasteiger partial charge in [0.25, 0.3) is 5.91 Å². The number of aryl methyl sites for hydroxylation is 1. The smallest absolute Gasteiger partial charge is 0.319 e. The Kier molecular flexibility index (Phi) is 6.47. The van der Waals surface area contributed by atoms with Crippen molar-refractivity contribution >= 4 is 17.7 Å². The number of urea groups is 1. The molecule has 0 bridgehead atoms. The van der Waals surface area contributed by atoms with E-state index in [2.05, 4.69) is 12.2 Å². The number of nitrogens with zero attached hydrogens (tertiary/aromatic N) is 1. The highest BCUT2D eigenvalue weighted by atomic mass is 16.2. The van der Waals surface area contributed by atoms with Crippen molar-refractivity contribution in [3.63, 3.8) is 0 Å². The normalized spacial score (nSPS) is 18.8. The fourth-order valence-corrected chi connectivity index (χ4v) is 3.82. The summed E-state index contributed by atoms with van der Waals surface area (Å²) in [6.45, 7) is 3.90. The molecule has 1 heterocycles. The van der Waals surface area contributed by atoms with Gasteiger partial charge in [0, 0.05) is 5.56 Å². The van der Waals surface area contributed by atoms with Crippen LogP contribution >= 0.6 is 0 Å². The van der Waals surface area contributed by atoms with Crippen LogP contribution in [0.1, 0.15) is 61.0 Å². The van der Waals surface area contributed by atoms with Crippen LogP contribution in [0, 0.1) is 0 Å². The number of unbranched alkanes of at least 4 members (excludes halogenated alkanes) is 1. The van der Waals surface area contributed by atoms with Gasteiger partial charge in [-0.2, -0.15) is 0 Å². The van der Waals surface area contributed by atoms with E-state index in [-0.39, 0.29) is 18.2 Å². The summed E-state index contributed by atoms with van der Waals surface area (Å²) in [5.74, 6) is -0.589. The zero-order valence-electron chi connectivity index (χ0n) is 17.1. The van der Waals surface area contributed by atoms with Crippen LogP contribution in [0.3, 0.4) is 0 Å². The molecule has 5 heteroatoms. The lowest BCUT2D eigenvalue weighted by atomic mass is 9.85. The summed E-state index contributed by atoms with van der Waals surface area (Å²) in [6, 6.07) is 16.2. The van der Waals surface area contributed by atoms with Gasteiger partial charge < -0.3 is 5.32 Å². The molecule has 1 saturated heterocycles. The molecular formula is C24H28N2O3. The first-order valence-electron chi connectivity index (χ1n) is 10.3. The Hall–Kier alpha value is -2.95. The molecule has 3 rings (SSSR count). The first-order valence-corrected chi connectivity index (χ1v) is 10.3. The van der Waals surface area contributed by atoms with E-state index in [1.54, 1.807) is 12.1 Å². The molecule has 1 fully saturated rings. The van der Waals surface area contributed by atoms with Gasteiger partial charge in [-0.25, -0.2) is 4.79 Å². The minimum atomic E-state index is -1.10. The number of imide groups is 1. The quantitative estimate of drug-likeness (QED) is 0.506. The summed E-state index contributed by atoms with van der Waals surface area (Å²) in [4.78, 5) is 39.8. The van der Waals surface area contributed by atoms with Crippen LogP contribution in [0.15, 0.2) is 54.6 Å². The van der Waals surface area contributed by atoms with Gasteiger partial charge in [-0.15, -0.1) is 0 Å². The lowest BCUT2D eigenvalue weighted by Gasteiger charge is -2.27. The van der Waals surface area contributed by atoms with Gasteiger partial charge in [-0.3, -0.25) is 14.5 Å². The second-order valence-corrected chi connectivity index (χ2v) is 7.57. The first kappa shape index (κ1) is 20.8. The summed E-state index contributed by atoms with van der Waals surface area (Å²) < 4.78 is 0. The van der Waals surface area contributed by atoms with Crippen molar-refractivity contribution in [2.75, 3.05) is 6.54 Å². The fourth-order valence-electron chi connectivity index (χ4n) is 3.82. The number of benzene rings is 2. The molecule has 5 nitrogen and oxygen atoms in total. The van der Waals surface area contributed by atoms with E-state index in [1.165, 1.54) is 5.56 Å². The number of Topliss-reactive ketones (excluding diaryl/α,β-unsaturated/α-hetero) is 1. The number of ketones is 1. The molecule has 1 aliphatic rings. The number of carbonyl (C=O) groups is 3. The van der Waals surface area contributed by atoms with Crippen LogP contribution in [0.5, 0.6) is 0 Å². The average Bonchev–Trinajstić information content (AvgIpc) is 2.98. The molecular weight excluding hydrogens is 364 g/mol. The minimum absolute atomic E-state index is 0.240. The average molecular weight is 392 g/mol. The van der Waals surface area contributed by atoms with E-state index in [1.807, 2.05) is 49.4 Å². The maximum Gasteiger partial charge on any atom is 0.325 e. The predicted octanol–water partition coefficient (Wildman–Crippen LogP) is 4.46. The highest BCUT2D eigenvalue weighted by Gasteiger charge is 2.52. The lowest BCUT2D eigenvalue weighted by Crippen LogP contribution is -2.44. The van der Waals surface area contributed by atoms with Crippen LogP contribution in [0.2, 0.25) is 0 Å². The third-order valence-corrected chi connectivity index (χ3v) is 5.46. The van der Waals surface area contributed by atoms with Gasteiger partial charge in [0.1, 0.15) is 5.54 Å². The molecule has 3 amide bonds. The lowest BCUT2D eigenvalue weighted by molar-refractivity contribution is -0.131. The molecule has 152 valence electrons. The Balaban J connectivity index is 1.82. The van der Waals surface area contributed by atoms with E-state index in [4.69, 9.17) is 0 Å². The van der Waals surface area contributed by atoms with Crippen LogP contribution < -0.4 is 5.32 Å². The number of rotatable bonds is 9. The van der Waals surface area contributed by atoms with E-state index < -0.39 is 11.6 Å². The number of nitrogens with one attached hydrogen (secondary N) is 1. The monoisotopic (exact) mass is 392 g/mol. The van der Waals surface area contributed by atoms with Crippen molar-refractivity contribution in [3.8, 4) is 0 Å². The van der Waals surface area contributed by atoms with Gasteiger partial charge in [-0.1, -0.05) is 87.7 Å². The summed E-state index contributed by atoms with van der Waals surface area (Å²) in [7, 11) is 0. The van der Waals surface area contributed by atoms with Crippen molar-refractivity contribution in [2.24, 2.45) is 0 Å². The second-order valence-electron chi connectivity index (χ2n) is 7.57. The Morgan fingerprint density at radius 3 is 2.28 bits per heavy atom. The zero-order chi connectivity index (χ0) is 20.9. The molecule has 1 atom stereocenters. The number of hydrogen-bond donors (Lipinski definition) is 1. The zero-order valence-corrected chi connectivity index (χ0v) is 17.1. The van der Waals surface area contributed by atoms with Gasteiger partial charge >= 0.3 is 6.03 Å². The minimum Gasteiger partial charge on any atom is -0.319 e. The SMILES string of the molecule is CCCCC1(c2ccccc2)NC(=O)N(CC(=O)c2ccc(CCC)cc2)C1=O. The third-order valence-electron chi connectivity index (χ3n) is 5.46.